The van der Waals surface area contributed by atoms with Crippen molar-refractivity contribution < 1.29 is 12.8 Å². The first kappa shape index (κ1) is 15.3. The third kappa shape index (κ3) is 2.81. The van der Waals surface area contributed by atoms with Gasteiger partial charge in [0.2, 0.25) is 10.0 Å². The van der Waals surface area contributed by atoms with Gasteiger partial charge < -0.3 is 5.73 Å². The molecule has 1 aliphatic heterocycles. The molecular formula is C14H21FN2O2S. The molecule has 1 atom stereocenters. The molecule has 20 heavy (non-hydrogen) atoms. The molecule has 0 aromatic heterocycles. The Morgan fingerprint density at radius 2 is 2.00 bits per heavy atom. The molecule has 1 aromatic carbocycles. The van der Waals surface area contributed by atoms with Gasteiger partial charge >= 0.3 is 0 Å². The molecule has 1 aromatic rings. The van der Waals surface area contributed by atoms with Gasteiger partial charge in [-0.2, -0.15) is 4.31 Å². The summed E-state index contributed by atoms with van der Waals surface area (Å²) in [4.78, 5) is -0.0289. The van der Waals surface area contributed by atoms with Crippen molar-refractivity contribution >= 4 is 15.7 Å². The summed E-state index contributed by atoms with van der Waals surface area (Å²) in [5, 5.41) is 0. The zero-order valence-corrected chi connectivity index (χ0v) is 12.9. The van der Waals surface area contributed by atoms with E-state index < -0.39 is 15.8 Å². The highest BCUT2D eigenvalue weighted by Gasteiger charge is 2.37. The van der Waals surface area contributed by atoms with Crippen LogP contribution in [0, 0.1) is 17.2 Å². The minimum absolute atomic E-state index is 0.0289. The normalized spacial score (nSPS) is 21.3. The van der Waals surface area contributed by atoms with Crippen LogP contribution in [0.4, 0.5) is 10.1 Å². The predicted octanol–water partition coefficient (Wildman–Crippen LogP) is 2.46. The van der Waals surface area contributed by atoms with Gasteiger partial charge in [0.05, 0.1) is 10.6 Å². The largest absolute Gasteiger partial charge is 0.396 e. The van der Waals surface area contributed by atoms with E-state index in [0.717, 1.165) is 12.5 Å². The highest BCUT2D eigenvalue weighted by molar-refractivity contribution is 7.89. The molecule has 1 heterocycles. The number of sulfonamides is 1. The molecule has 4 nitrogen and oxygen atoms in total. The number of rotatable bonds is 2. The quantitative estimate of drug-likeness (QED) is 0.853. The molecule has 1 fully saturated rings. The summed E-state index contributed by atoms with van der Waals surface area (Å²) in [6.07, 6.45) is 0.834. The van der Waals surface area contributed by atoms with E-state index in [1.54, 1.807) is 0 Å². The number of benzene rings is 1. The summed E-state index contributed by atoms with van der Waals surface area (Å²) < 4.78 is 39.9. The van der Waals surface area contributed by atoms with Crippen LogP contribution in [0.1, 0.15) is 27.2 Å². The number of nitrogens with two attached hydrogens (primary N) is 1. The van der Waals surface area contributed by atoms with E-state index in [-0.39, 0.29) is 16.0 Å². The van der Waals surface area contributed by atoms with Crippen LogP contribution in [0.5, 0.6) is 0 Å². The van der Waals surface area contributed by atoms with E-state index in [4.69, 9.17) is 5.73 Å². The van der Waals surface area contributed by atoms with Crippen molar-refractivity contribution in [1.82, 2.24) is 4.31 Å². The molecule has 0 aliphatic carbocycles. The Bertz CT molecular complexity index is 608. The van der Waals surface area contributed by atoms with Gasteiger partial charge in [-0.3, -0.25) is 0 Å². The second kappa shape index (κ2) is 5.00. The second-order valence-electron chi connectivity index (χ2n) is 6.40. The number of nitrogens with zero attached hydrogens (tertiary/aromatic N) is 1. The average Bonchev–Trinajstić information content (AvgIpc) is 2.82. The summed E-state index contributed by atoms with van der Waals surface area (Å²) in [5.41, 5.74) is 5.40. The van der Waals surface area contributed by atoms with E-state index in [9.17, 15) is 12.8 Å². The van der Waals surface area contributed by atoms with Crippen molar-refractivity contribution in [1.29, 1.82) is 0 Å². The van der Waals surface area contributed by atoms with E-state index in [1.807, 2.05) is 0 Å². The van der Waals surface area contributed by atoms with Crippen LogP contribution in [0.15, 0.2) is 23.1 Å². The molecule has 1 aliphatic rings. The van der Waals surface area contributed by atoms with Crippen LogP contribution < -0.4 is 5.73 Å². The molecule has 112 valence electrons. The molecular weight excluding hydrogens is 279 g/mol. The van der Waals surface area contributed by atoms with Gasteiger partial charge in [0.25, 0.3) is 0 Å². The third-order valence-electron chi connectivity index (χ3n) is 3.99. The van der Waals surface area contributed by atoms with Crippen LogP contribution in [-0.2, 0) is 10.0 Å². The smallest absolute Gasteiger partial charge is 0.243 e. The standard InChI is InChI=1S/C14H21FN2O2S/c1-14(2,3)10-6-7-17(9-10)20(18,19)11-4-5-13(16)12(15)8-11/h4-5,8,10H,6-7,9,16H2,1-3H3. The van der Waals surface area contributed by atoms with Crippen molar-refractivity contribution in [3.63, 3.8) is 0 Å². The number of anilines is 1. The monoisotopic (exact) mass is 300 g/mol. The topological polar surface area (TPSA) is 63.4 Å². The molecule has 2 rings (SSSR count). The molecule has 6 heteroatoms. The minimum Gasteiger partial charge on any atom is -0.396 e. The van der Waals surface area contributed by atoms with Gasteiger partial charge in [-0.25, -0.2) is 12.8 Å². The number of halogens is 1. The van der Waals surface area contributed by atoms with Gasteiger partial charge in [0, 0.05) is 13.1 Å². The van der Waals surface area contributed by atoms with Crippen molar-refractivity contribution in [3.05, 3.63) is 24.0 Å². The van der Waals surface area contributed by atoms with Gasteiger partial charge in [-0.1, -0.05) is 20.8 Å². The van der Waals surface area contributed by atoms with Crippen molar-refractivity contribution in [3.8, 4) is 0 Å². The zero-order chi connectivity index (χ0) is 15.1. The molecule has 0 amide bonds. The SMILES string of the molecule is CC(C)(C)C1CCN(S(=O)(=O)c2ccc(N)c(F)c2)C1. The Labute approximate surface area is 119 Å². The van der Waals surface area contributed by atoms with Crippen LogP contribution in [0.25, 0.3) is 0 Å². The first-order chi connectivity index (χ1) is 9.12. The molecule has 2 N–H and O–H groups in total. The van der Waals surface area contributed by atoms with Crippen LogP contribution in [-0.4, -0.2) is 25.8 Å². The Kier molecular flexibility index (Phi) is 3.81. The Balaban J connectivity index is 2.26. The molecule has 0 spiro atoms. The minimum atomic E-state index is -3.63. The number of hydrogen-bond acceptors (Lipinski definition) is 3. The molecule has 1 unspecified atom stereocenters. The van der Waals surface area contributed by atoms with E-state index in [0.29, 0.717) is 19.0 Å². The van der Waals surface area contributed by atoms with Crippen molar-refractivity contribution in [2.75, 3.05) is 18.8 Å². The molecule has 0 saturated carbocycles. The first-order valence-electron chi connectivity index (χ1n) is 6.67. The zero-order valence-electron chi connectivity index (χ0n) is 12.1. The van der Waals surface area contributed by atoms with Crippen molar-refractivity contribution in [2.45, 2.75) is 32.1 Å². The van der Waals surface area contributed by atoms with Crippen molar-refractivity contribution in [2.24, 2.45) is 11.3 Å². The molecule has 0 radical (unpaired) electrons. The van der Waals surface area contributed by atoms with Gasteiger partial charge in [0.1, 0.15) is 5.82 Å². The van der Waals surface area contributed by atoms with E-state index in [2.05, 4.69) is 20.8 Å². The summed E-state index contributed by atoms with van der Waals surface area (Å²) in [6, 6.07) is 3.65. The first-order valence-corrected chi connectivity index (χ1v) is 8.11. The second-order valence-corrected chi connectivity index (χ2v) is 8.34. The maximum Gasteiger partial charge on any atom is 0.243 e. The molecule has 1 saturated heterocycles. The summed E-state index contributed by atoms with van der Waals surface area (Å²) in [5.74, 6) is -0.381. The van der Waals surface area contributed by atoms with Crippen LogP contribution in [0.3, 0.4) is 0 Å². The summed E-state index contributed by atoms with van der Waals surface area (Å²) >= 11 is 0. The fourth-order valence-corrected chi connectivity index (χ4v) is 3.98. The number of nitrogen functional groups attached to an aromatic ring is 1. The number of hydrogen-bond donors (Lipinski definition) is 1. The fourth-order valence-electron chi connectivity index (χ4n) is 2.47. The maximum absolute atomic E-state index is 13.5. The van der Waals surface area contributed by atoms with Gasteiger partial charge in [-0.05, 0) is 36.0 Å². The predicted molar refractivity (Wildman–Crippen MR) is 77.1 cm³/mol. The lowest BCUT2D eigenvalue weighted by Crippen LogP contribution is -2.31. The Morgan fingerprint density at radius 1 is 1.35 bits per heavy atom. The average molecular weight is 300 g/mol. The Hall–Kier alpha value is -1.14. The lowest BCUT2D eigenvalue weighted by Gasteiger charge is -2.26. The third-order valence-corrected chi connectivity index (χ3v) is 5.85. The summed E-state index contributed by atoms with van der Waals surface area (Å²) in [6.45, 7) is 7.29. The molecule has 0 bridgehead atoms. The highest BCUT2D eigenvalue weighted by atomic mass is 32.2. The summed E-state index contributed by atoms with van der Waals surface area (Å²) in [7, 11) is -3.63. The Morgan fingerprint density at radius 3 is 2.50 bits per heavy atom. The van der Waals surface area contributed by atoms with Crippen LogP contribution >= 0.6 is 0 Å². The van der Waals surface area contributed by atoms with E-state index >= 15 is 0 Å². The highest BCUT2D eigenvalue weighted by Crippen LogP contribution is 2.36. The van der Waals surface area contributed by atoms with Crippen LogP contribution in [0.2, 0.25) is 0 Å². The van der Waals surface area contributed by atoms with Gasteiger partial charge in [0.15, 0.2) is 0 Å². The lowest BCUT2D eigenvalue weighted by atomic mass is 9.80. The fraction of sp³-hybridized carbons (Fsp3) is 0.571. The van der Waals surface area contributed by atoms with E-state index in [1.165, 1.54) is 16.4 Å². The maximum atomic E-state index is 13.5. The van der Waals surface area contributed by atoms with Gasteiger partial charge in [-0.15, -0.1) is 0 Å². The lowest BCUT2D eigenvalue weighted by molar-refractivity contribution is 0.252.